The number of nitrogens with one attached hydrogen (secondary N) is 2. The van der Waals surface area contributed by atoms with Crippen LogP contribution in [-0.2, 0) is 4.79 Å². The van der Waals surface area contributed by atoms with E-state index in [1.165, 1.54) is 17.8 Å². The molecule has 0 radical (unpaired) electrons. The highest BCUT2D eigenvalue weighted by Gasteiger charge is 2.14. The molecule has 0 aromatic heterocycles. The molecule has 0 bridgehead atoms. The number of halogens is 1. The molecule has 0 unspecified atom stereocenters. The van der Waals surface area contributed by atoms with Crippen molar-refractivity contribution in [3.05, 3.63) is 84.2 Å². The Morgan fingerprint density at radius 2 is 1.73 bits per heavy atom. The number of thioether (sulfide) groups is 1. The lowest BCUT2D eigenvalue weighted by Crippen LogP contribution is -2.18. The van der Waals surface area contributed by atoms with E-state index in [0.29, 0.717) is 33.3 Å². The zero-order chi connectivity index (χ0) is 21.3. The van der Waals surface area contributed by atoms with Crippen molar-refractivity contribution in [3.8, 4) is 5.75 Å². The summed E-state index contributed by atoms with van der Waals surface area (Å²) in [5, 5.41) is 5.57. The summed E-state index contributed by atoms with van der Waals surface area (Å²) >= 11 is 1.27. The van der Waals surface area contributed by atoms with E-state index in [0.717, 1.165) is 0 Å². The lowest BCUT2D eigenvalue weighted by molar-refractivity contribution is -0.115. The van der Waals surface area contributed by atoms with Gasteiger partial charge in [-0.25, -0.2) is 4.39 Å². The molecule has 154 valence electrons. The molecule has 2 amide bonds. The minimum Gasteiger partial charge on any atom is -0.497 e. The van der Waals surface area contributed by atoms with Gasteiger partial charge in [0, 0.05) is 28.8 Å². The highest BCUT2D eigenvalue weighted by Crippen LogP contribution is 2.23. The molecule has 0 spiro atoms. The Kier molecular flexibility index (Phi) is 7.45. The summed E-state index contributed by atoms with van der Waals surface area (Å²) in [4.78, 5) is 25.5. The number of benzene rings is 3. The Hall–Kier alpha value is -3.32. The van der Waals surface area contributed by atoms with Crippen LogP contribution in [0.3, 0.4) is 0 Å². The summed E-state index contributed by atoms with van der Waals surface area (Å²) < 4.78 is 18.8. The van der Waals surface area contributed by atoms with Crippen LogP contribution in [0.2, 0.25) is 0 Å². The van der Waals surface area contributed by atoms with Gasteiger partial charge in [-0.1, -0.05) is 30.3 Å². The molecule has 2 N–H and O–H groups in total. The summed E-state index contributed by atoms with van der Waals surface area (Å²) in [6.45, 7) is 0. The first kappa shape index (κ1) is 21.4. The van der Waals surface area contributed by atoms with E-state index in [1.807, 2.05) is 0 Å². The molecule has 3 aromatic carbocycles. The van der Waals surface area contributed by atoms with Crippen LogP contribution >= 0.6 is 11.8 Å². The molecule has 0 heterocycles. The number of amides is 2. The summed E-state index contributed by atoms with van der Waals surface area (Å²) in [5.74, 6) is 0.148. The first-order valence-electron chi connectivity index (χ1n) is 9.28. The Morgan fingerprint density at radius 3 is 2.53 bits per heavy atom. The van der Waals surface area contributed by atoms with Crippen LogP contribution in [0.5, 0.6) is 5.75 Å². The Labute approximate surface area is 178 Å². The average molecular weight is 424 g/mol. The van der Waals surface area contributed by atoms with Gasteiger partial charge in [-0.15, -0.1) is 11.8 Å². The number of ether oxygens (including phenoxy) is 1. The van der Waals surface area contributed by atoms with E-state index in [2.05, 4.69) is 10.6 Å². The van der Waals surface area contributed by atoms with Crippen LogP contribution in [0.1, 0.15) is 16.8 Å². The quantitative estimate of drug-likeness (QED) is 0.487. The normalized spacial score (nSPS) is 10.3. The van der Waals surface area contributed by atoms with Crippen molar-refractivity contribution in [1.82, 2.24) is 0 Å². The van der Waals surface area contributed by atoms with Gasteiger partial charge in [0.1, 0.15) is 11.6 Å². The number of carbonyl (C=O) groups is 2. The Bertz CT molecular complexity index is 1040. The van der Waals surface area contributed by atoms with Gasteiger partial charge in [0.25, 0.3) is 5.91 Å². The second-order valence-electron chi connectivity index (χ2n) is 6.31. The van der Waals surface area contributed by atoms with Gasteiger partial charge in [-0.2, -0.15) is 0 Å². The van der Waals surface area contributed by atoms with E-state index >= 15 is 0 Å². The molecule has 7 heteroatoms. The lowest BCUT2D eigenvalue weighted by atomic mass is 10.1. The maximum absolute atomic E-state index is 13.7. The molecule has 0 atom stereocenters. The van der Waals surface area contributed by atoms with Gasteiger partial charge in [0.15, 0.2) is 0 Å². The first-order chi connectivity index (χ1) is 14.6. The molecule has 0 saturated carbocycles. The maximum atomic E-state index is 13.7. The number of para-hydroxylation sites is 1. The highest BCUT2D eigenvalue weighted by atomic mass is 32.2. The first-order valence-corrected chi connectivity index (χ1v) is 10.3. The van der Waals surface area contributed by atoms with Gasteiger partial charge < -0.3 is 15.4 Å². The van der Waals surface area contributed by atoms with E-state index in [4.69, 9.17) is 4.74 Å². The number of anilines is 2. The van der Waals surface area contributed by atoms with Crippen LogP contribution in [0.4, 0.5) is 15.8 Å². The van der Waals surface area contributed by atoms with E-state index in [-0.39, 0.29) is 24.1 Å². The van der Waals surface area contributed by atoms with Crippen LogP contribution in [0.25, 0.3) is 0 Å². The number of carbonyl (C=O) groups excluding carboxylic acids is 2. The standard InChI is InChI=1S/C23H21FN2O3S/c1-29-17-8-6-7-16(15-17)25-23(28)18-9-2-4-11-20(18)26-22(27)13-14-30-21-12-5-3-10-19(21)24/h2-12,15H,13-14H2,1H3,(H,25,28)(H,26,27). The molecule has 3 aromatic rings. The number of hydrogen-bond acceptors (Lipinski definition) is 4. The van der Waals surface area contributed by atoms with Crippen LogP contribution < -0.4 is 15.4 Å². The minimum atomic E-state index is -0.347. The molecule has 30 heavy (non-hydrogen) atoms. The van der Waals surface area contributed by atoms with Crippen molar-refractivity contribution in [2.75, 3.05) is 23.5 Å². The molecule has 0 aliphatic rings. The maximum Gasteiger partial charge on any atom is 0.257 e. The third-order valence-electron chi connectivity index (χ3n) is 4.20. The Balaban J connectivity index is 1.60. The van der Waals surface area contributed by atoms with Crippen LogP contribution in [0, 0.1) is 5.82 Å². The second kappa shape index (κ2) is 10.5. The molecule has 5 nitrogen and oxygen atoms in total. The third kappa shape index (κ3) is 5.84. The van der Waals surface area contributed by atoms with Gasteiger partial charge in [0.05, 0.1) is 18.4 Å². The molecular weight excluding hydrogens is 403 g/mol. The van der Waals surface area contributed by atoms with E-state index < -0.39 is 0 Å². The van der Waals surface area contributed by atoms with E-state index in [9.17, 15) is 14.0 Å². The fraction of sp³-hybridized carbons (Fsp3) is 0.130. The lowest BCUT2D eigenvalue weighted by Gasteiger charge is -2.12. The summed E-state index contributed by atoms with van der Waals surface area (Å²) in [6.07, 6.45) is 0.185. The highest BCUT2D eigenvalue weighted by molar-refractivity contribution is 7.99. The van der Waals surface area contributed by atoms with Crippen molar-refractivity contribution >= 4 is 35.0 Å². The average Bonchev–Trinajstić information content (AvgIpc) is 2.75. The zero-order valence-corrected chi connectivity index (χ0v) is 17.2. The predicted octanol–water partition coefficient (Wildman–Crippen LogP) is 5.21. The molecule has 0 fully saturated rings. The molecule has 3 rings (SSSR count). The van der Waals surface area contributed by atoms with Gasteiger partial charge >= 0.3 is 0 Å². The molecule has 0 aliphatic carbocycles. The van der Waals surface area contributed by atoms with Gasteiger partial charge in [0.2, 0.25) is 5.91 Å². The van der Waals surface area contributed by atoms with Crippen molar-refractivity contribution < 1.29 is 18.7 Å². The smallest absolute Gasteiger partial charge is 0.257 e. The van der Waals surface area contributed by atoms with Crippen molar-refractivity contribution in [3.63, 3.8) is 0 Å². The topological polar surface area (TPSA) is 67.4 Å². The largest absolute Gasteiger partial charge is 0.497 e. The van der Waals surface area contributed by atoms with Crippen molar-refractivity contribution in [2.45, 2.75) is 11.3 Å². The number of methoxy groups -OCH3 is 1. The monoisotopic (exact) mass is 424 g/mol. The van der Waals surface area contributed by atoms with Gasteiger partial charge in [-0.3, -0.25) is 9.59 Å². The summed E-state index contributed by atoms with van der Waals surface area (Å²) in [6, 6.07) is 20.2. The fourth-order valence-electron chi connectivity index (χ4n) is 2.72. The zero-order valence-electron chi connectivity index (χ0n) is 16.4. The number of rotatable bonds is 8. The van der Waals surface area contributed by atoms with E-state index in [1.54, 1.807) is 73.8 Å². The van der Waals surface area contributed by atoms with Crippen molar-refractivity contribution in [2.24, 2.45) is 0 Å². The summed E-state index contributed by atoms with van der Waals surface area (Å²) in [7, 11) is 1.55. The Morgan fingerprint density at radius 1 is 0.967 bits per heavy atom. The molecule has 0 saturated heterocycles. The third-order valence-corrected chi connectivity index (χ3v) is 5.25. The van der Waals surface area contributed by atoms with Crippen molar-refractivity contribution in [1.29, 1.82) is 0 Å². The van der Waals surface area contributed by atoms with Crippen LogP contribution in [-0.4, -0.2) is 24.7 Å². The predicted molar refractivity (Wildman–Crippen MR) is 118 cm³/mol. The second-order valence-corrected chi connectivity index (χ2v) is 7.45. The fourth-order valence-corrected chi connectivity index (χ4v) is 3.61. The summed E-state index contributed by atoms with van der Waals surface area (Å²) in [5.41, 5.74) is 1.34. The number of hydrogen-bond donors (Lipinski definition) is 2. The SMILES string of the molecule is COc1cccc(NC(=O)c2ccccc2NC(=O)CCSc2ccccc2F)c1. The molecule has 0 aliphatic heterocycles. The minimum absolute atomic E-state index is 0.185. The van der Waals surface area contributed by atoms with Gasteiger partial charge in [-0.05, 0) is 36.4 Å². The van der Waals surface area contributed by atoms with Crippen LogP contribution in [0.15, 0.2) is 77.7 Å². The molecular formula is C23H21FN2O3S.